The van der Waals surface area contributed by atoms with E-state index in [1.807, 2.05) is 24.3 Å². The Labute approximate surface area is 103 Å². The van der Waals surface area contributed by atoms with Gasteiger partial charge in [0.2, 0.25) is 0 Å². The average Bonchev–Trinajstić information content (AvgIpc) is 3.10. The topological polar surface area (TPSA) is 41.1 Å². The number of hydrogen-bond acceptors (Lipinski definition) is 2. The van der Waals surface area contributed by atoms with Crippen LogP contribution < -0.4 is 10.6 Å². The maximum atomic E-state index is 11.9. The number of hydrogen-bond donors (Lipinski definition) is 2. The minimum absolute atomic E-state index is 0.0545. The standard InChI is InChI=1S/C14H20N2O/c1-10(2)15-9-11-4-3-5-12(8-11)14(17)16-13-6-7-13/h3-5,8,10,13,15H,6-7,9H2,1-2H3,(H,16,17). The number of amides is 1. The quantitative estimate of drug-likeness (QED) is 0.816. The Balaban J connectivity index is 1.97. The van der Waals surface area contributed by atoms with Crippen LogP contribution in [0.4, 0.5) is 0 Å². The van der Waals surface area contributed by atoms with Gasteiger partial charge in [-0.25, -0.2) is 0 Å². The zero-order valence-corrected chi connectivity index (χ0v) is 10.5. The molecule has 1 saturated carbocycles. The van der Waals surface area contributed by atoms with Crippen LogP contribution in [0, 0.1) is 0 Å². The Morgan fingerprint density at radius 1 is 1.41 bits per heavy atom. The van der Waals surface area contributed by atoms with Crippen molar-refractivity contribution in [1.82, 2.24) is 10.6 Å². The van der Waals surface area contributed by atoms with Crippen LogP contribution in [0.5, 0.6) is 0 Å². The van der Waals surface area contributed by atoms with E-state index in [1.165, 1.54) is 0 Å². The lowest BCUT2D eigenvalue weighted by atomic mass is 10.1. The van der Waals surface area contributed by atoms with Gasteiger partial charge in [0.1, 0.15) is 0 Å². The second kappa shape index (κ2) is 5.32. The molecule has 1 aliphatic rings. The zero-order valence-electron chi connectivity index (χ0n) is 10.5. The highest BCUT2D eigenvalue weighted by Gasteiger charge is 2.23. The van der Waals surface area contributed by atoms with Crippen LogP contribution in [0.2, 0.25) is 0 Å². The molecule has 1 aromatic rings. The van der Waals surface area contributed by atoms with Crippen LogP contribution in [-0.2, 0) is 6.54 Å². The van der Waals surface area contributed by atoms with E-state index in [-0.39, 0.29) is 5.91 Å². The van der Waals surface area contributed by atoms with Gasteiger partial charge >= 0.3 is 0 Å². The summed E-state index contributed by atoms with van der Waals surface area (Å²) < 4.78 is 0. The molecule has 0 aliphatic heterocycles. The average molecular weight is 232 g/mol. The summed E-state index contributed by atoms with van der Waals surface area (Å²) in [5.74, 6) is 0.0545. The molecule has 2 rings (SSSR count). The van der Waals surface area contributed by atoms with Gasteiger partial charge in [-0.05, 0) is 30.5 Å². The van der Waals surface area contributed by atoms with Crippen molar-refractivity contribution >= 4 is 5.91 Å². The van der Waals surface area contributed by atoms with Gasteiger partial charge < -0.3 is 10.6 Å². The Kier molecular flexibility index (Phi) is 3.79. The van der Waals surface area contributed by atoms with E-state index in [4.69, 9.17) is 0 Å². The molecule has 0 radical (unpaired) electrons. The van der Waals surface area contributed by atoms with Gasteiger partial charge in [-0.15, -0.1) is 0 Å². The minimum atomic E-state index is 0.0545. The van der Waals surface area contributed by atoms with Gasteiger partial charge in [-0.3, -0.25) is 4.79 Å². The molecule has 1 fully saturated rings. The molecule has 92 valence electrons. The van der Waals surface area contributed by atoms with E-state index in [9.17, 15) is 4.79 Å². The summed E-state index contributed by atoms with van der Waals surface area (Å²) in [4.78, 5) is 11.9. The number of carbonyl (C=O) groups is 1. The van der Waals surface area contributed by atoms with Crippen molar-refractivity contribution in [3.63, 3.8) is 0 Å². The van der Waals surface area contributed by atoms with Crippen molar-refractivity contribution in [3.8, 4) is 0 Å². The maximum Gasteiger partial charge on any atom is 0.251 e. The van der Waals surface area contributed by atoms with E-state index in [2.05, 4.69) is 24.5 Å². The first kappa shape index (κ1) is 12.1. The van der Waals surface area contributed by atoms with Crippen molar-refractivity contribution in [2.75, 3.05) is 0 Å². The smallest absolute Gasteiger partial charge is 0.251 e. The van der Waals surface area contributed by atoms with Crippen molar-refractivity contribution < 1.29 is 4.79 Å². The molecule has 0 aromatic heterocycles. The molecule has 2 N–H and O–H groups in total. The molecule has 0 spiro atoms. The third kappa shape index (κ3) is 3.86. The predicted molar refractivity (Wildman–Crippen MR) is 68.9 cm³/mol. The lowest BCUT2D eigenvalue weighted by Gasteiger charge is -2.09. The van der Waals surface area contributed by atoms with Gasteiger partial charge in [-0.2, -0.15) is 0 Å². The minimum Gasteiger partial charge on any atom is -0.349 e. The van der Waals surface area contributed by atoms with Crippen LogP contribution >= 0.6 is 0 Å². The van der Waals surface area contributed by atoms with Crippen LogP contribution in [-0.4, -0.2) is 18.0 Å². The van der Waals surface area contributed by atoms with Gasteiger partial charge in [0.15, 0.2) is 0 Å². The summed E-state index contributed by atoms with van der Waals surface area (Å²) >= 11 is 0. The summed E-state index contributed by atoms with van der Waals surface area (Å²) in [5, 5.41) is 6.35. The molecular weight excluding hydrogens is 212 g/mol. The molecule has 0 heterocycles. The number of rotatable bonds is 5. The molecule has 17 heavy (non-hydrogen) atoms. The Morgan fingerprint density at radius 2 is 2.18 bits per heavy atom. The van der Waals surface area contributed by atoms with E-state index in [0.29, 0.717) is 12.1 Å². The van der Waals surface area contributed by atoms with Crippen molar-refractivity contribution in [1.29, 1.82) is 0 Å². The number of carbonyl (C=O) groups excluding carboxylic acids is 1. The fourth-order valence-corrected chi connectivity index (χ4v) is 1.64. The van der Waals surface area contributed by atoms with Crippen LogP contribution in [0.15, 0.2) is 24.3 Å². The molecule has 1 aromatic carbocycles. The van der Waals surface area contributed by atoms with Gasteiger partial charge in [-0.1, -0.05) is 26.0 Å². The van der Waals surface area contributed by atoms with Crippen molar-refractivity contribution in [2.45, 2.75) is 45.3 Å². The number of nitrogens with one attached hydrogen (secondary N) is 2. The van der Waals surface area contributed by atoms with Gasteiger partial charge in [0.05, 0.1) is 0 Å². The van der Waals surface area contributed by atoms with Crippen molar-refractivity contribution in [2.24, 2.45) is 0 Å². The third-order valence-electron chi connectivity index (χ3n) is 2.82. The first-order valence-corrected chi connectivity index (χ1v) is 6.28. The molecule has 3 heteroatoms. The fourth-order valence-electron chi connectivity index (χ4n) is 1.64. The molecule has 0 bridgehead atoms. The van der Waals surface area contributed by atoms with Crippen molar-refractivity contribution in [3.05, 3.63) is 35.4 Å². The van der Waals surface area contributed by atoms with Gasteiger partial charge in [0, 0.05) is 24.2 Å². The second-order valence-corrected chi connectivity index (χ2v) is 4.98. The first-order chi connectivity index (χ1) is 8.15. The normalized spacial score (nSPS) is 15.0. The lowest BCUT2D eigenvalue weighted by molar-refractivity contribution is 0.0951. The van der Waals surface area contributed by atoms with Crippen LogP contribution in [0.1, 0.15) is 42.6 Å². The largest absolute Gasteiger partial charge is 0.349 e. The molecule has 1 aliphatic carbocycles. The predicted octanol–water partition coefficient (Wildman–Crippen LogP) is 2.08. The summed E-state index contributed by atoms with van der Waals surface area (Å²) in [5.41, 5.74) is 1.92. The summed E-state index contributed by atoms with van der Waals surface area (Å²) in [7, 11) is 0. The van der Waals surface area contributed by atoms with E-state index in [1.54, 1.807) is 0 Å². The summed E-state index contributed by atoms with van der Waals surface area (Å²) in [6, 6.07) is 8.70. The van der Waals surface area contributed by atoms with E-state index in [0.717, 1.165) is 30.5 Å². The molecule has 1 amide bonds. The van der Waals surface area contributed by atoms with Gasteiger partial charge in [0.25, 0.3) is 5.91 Å². The maximum absolute atomic E-state index is 11.9. The highest BCUT2D eigenvalue weighted by molar-refractivity contribution is 5.94. The first-order valence-electron chi connectivity index (χ1n) is 6.28. The monoisotopic (exact) mass is 232 g/mol. The molecule has 0 saturated heterocycles. The second-order valence-electron chi connectivity index (χ2n) is 4.98. The van der Waals surface area contributed by atoms with E-state index >= 15 is 0 Å². The third-order valence-corrected chi connectivity index (χ3v) is 2.82. The Morgan fingerprint density at radius 3 is 2.82 bits per heavy atom. The lowest BCUT2D eigenvalue weighted by Crippen LogP contribution is -2.26. The molecule has 0 unspecified atom stereocenters. The molecule has 3 nitrogen and oxygen atoms in total. The zero-order chi connectivity index (χ0) is 12.3. The fraction of sp³-hybridized carbons (Fsp3) is 0.500. The summed E-state index contributed by atoms with van der Waals surface area (Å²) in [6.07, 6.45) is 2.25. The SMILES string of the molecule is CC(C)NCc1cccc(C(=O)NC2CC2)c1. The Bertz CT molecular complexity index is 397. The molecule has 0 atom stereocenters. The Hall–Kier alpha value is -1.35. The summed E-state index contributed by atoms with van der Waals surface area (Å²) in [6.45, 7) is 5.04. The highest BCUT2D eigenvalue weighted by Crippen LogP contribution is 2.19. The van der Waals surface area contributed by atoms with E-state index < -0.39 is 0 Å². The van der Waals surface area contributed by atoms with Crippen LogP contribution in [0.25, 0.3) is 0 Å². The van der Waals surface area contributed by atoms with Crippen LogP contribution in [0.3, 0.4) is 0 Å². The number of benzene rings is 1. The molecular formula is C14H20N2O. The highest BCUT2D eigenvalue weighted by atomic mass is 16.1.